The van der Waals surface area contributed by atoms with Crippen LogP contribution >= 0.6 is 0 Å². The van der Waals surface area contributed by atoms with Crippen LogP contribution in [0.15, 0.2) is 48.5 Å². The van der Waals surface area contributed by atoms with Crippen molar-refractivity contribution in [3.63, 3.8) is 0 Å². The van der Waals surface area contributed by atoms with E-state index in [1.54, 1.807) is 0 Å². The Balaban J connectivity index is 1.45. The molecule has 1 aliphatic heterocycles. The summed E-state index contributed by atoms with van der Waals surface area (Å²) < 4.78 is 5.57. The molecule has 8 heteroatoms. The van der Waals surface area contributed by atoms with Crippen molar-refractivity contribution < 1.29 is 29.3 Å². The number of rotatable bonds is 7. The average molecular weight is 467 g/mol. The molecule has 0 saturated carbocycles. The maximum absolute atomic E-state index is 13.1. The van der Waals surface area contributed by atoms with Crippen molar-refractivity contribution >= 4 is 18.0 Å². The number of aliphatic carboxylic acids is 1. The van der Waals surface area contributed by atoms with Crippen LogP contribution in [0.25, 0.3) is 11.1 Å². The summed E-state index contributed by atoms with van der Waals surface area (Å²) in [6.45, 7) is 3.86. The fourth-order valence-corrected chi connectivity index (χ4v) is 4.97. The number of aliphatic hydroxyl groups excluding tert-OH is 1. The Hall–Kier alpha value is -3.39. The van der Waals surface area contributed by atoms with Gasteiger partial charge < -0.3 is 25.2 Å². The van der Waals surface area contributed by atoms with Crippen LogP contribution in [0.4, 0.5) is 4.79 Å². The minimum atomic E-state index is -1.17. The number of hydrogen-bond acceptors (Lipinski definition) is 5. The summed E-state index contributed by atoms with van der Waals surface area (Å²) in [5.41, 5.74) is 4.41. The number of amides is 2. The van der Waals surface area contributed by atoms with Gasteiger partial charge in [0.2, 0.25) is 5.91 Å². The highest BCUT2D eigenvalue weighted by atomic mass is 16.5. The molecular formula is C26H30N2O6. The van der Waals surface area contributed by atoms with Gasteiger partial charge in [-0.05, 0) is 34.6 Å². The lowest BCUT2D eigenvalue weighted by Gasteiger charge is -2.28. The Bertz CT molecular complexity index is 1040. The molecule has 1 aliphatic carbocycles. The van der Waals surface area contributed by atoms with Crippen LogP contribution in [0.3, 0.4) is 0 Å². The number of nitrogens with one attached hydrogen (secondary N) is 1. The lowest BCUT2D eigenvalue weighted by Crippen LogP contribution is -2.52. The van der Waals surface area contributed by atoms with Crippen molar-refractivity contribution in [2.24, 2.45) is 5.92 Å². The van der Waals surface area contributed by atoms with Gasteiger partial charge in [0.25, 0.3) is 0 Å². The van der Waals surface area contributed by atoms with Crippen molar-refractivity contribution in [3.05, 3.63) is 59.7 Å². The van der Waals surface area contributed by atoms with Crippen molar-refractivity contribution in [1.82, 2.24) is 10.2 Å². The maximum Gasteiger partial charge on any atom is 0.407 e. The van der Waals surface area contributed by atoms with E-state index < -0.39 is 36.2 Å². The van der Waals surface area contributed by atoms with Gasteiger partial charge in [-0.25, -0.2) is 9.59 Å². The van der Waals surface area contributed by atoms with E-state index in [1.807, 2.05) is 50.2 Å². The largest absolute Gasteiger partial charge is 0.480 e. The number of carbonyl (C=O) groups is 3. The zero-order valence-electron chi connectivity index (χ0n) is 19.3. The number of carboxylic acids is 1. The molecule has 8 nitrogen and oxygen atoms in total. The van der Waals surface area contributed by atoms with Crippen molar-refractivity contribution in [3.8, 4) is 11.1 Å². The fraction of sp³-hybridized carbons (Fsp3) is 0.423. The molecule has 1 saturated heterocycles. The zero-order chi connectivity index (χ0) is 24.4. The Morgan fingerprint density at radius 2 is 1.65 bits per heavy atom. The molecule has 4 rings (SSSR count). The van der Waals surface area contributed by atoms with Crippen LogP contribution in [0.5, 0.6) is 0 Å². The first-order valence-corrected chi connectivity index (χ1v) is 11.6. The van der Waals surface area contributed by atoms with E-state index in [-0.39, 0.29) is 31.4 Å². The monoisotopic (exact) mass is 466 g/mol. The molecule has 1 fully saturated rings. The fourth-order valence-electron chi connectivity index (χ4n) is 4.97. The molecule has 0 bridgehead atoms. The van der Waals surface area contributed by atoms with Crippen molar-refractivity contribution in [2.45, 2.75) is 50.8 Å². The third-order valence-electron chi connectivity index (χ3n) is 6.49. The number of fused-ring (bicyclic) bond motifs is 3. The van der Waals surface area contributed by atoms with Crippen LogP contribution in [-0.4, -0.2) is 64.4 Å². The zero-order valence-corrected chi connectivity index (χ0v) is 19.3. The van der Waals surface area contributed by atoms with E-state index in [0.29, 0.717) is 6.42 Å². The molecular weight excluding hydrogens is 436 g/mol. The number of likely N-dealkylation sites (tertiary alicyclic amines) is 1. The smallest absolute Gasteiger partial charge is 0.407 e. The molecule has 0 aromatic heterocycles. The standard InChI is InChI=1S/C26H30N2O6/c1-15(2)11-22(24(30)28-13-16(29)12-23(28)25(31)32)27-26(33)34-14-21-19-9-5-3-7-17(19)18-8-4-6-10-20(18)21/h3-10,15-16,21-23,29H,11-14H2,1-2H3,(H,27,33)(H,31,32)/t16-,22+,23+/m1/s1. The summed E-state index contributed by atoms with van der Waals surface area (Å²) in [7, 11) is 0. The minimum Gasteiger partial charge on any atom is -0.480 e. The van der Waals surface area contributed by atoms with Gasteiger partial charge in [-0.3, -0.25) is 4.79 Å². The first-order chi connectivity index (χ1) is 16.3. The molecule has 0 spiro atoms. The minimum absolute atomic E-state index is 0.0274. The summed E-state index contributed by atoms with van der Waals surface area (Å²) in [5.74, 6) is -1.73. The third kappa shape index (κ3) is 4.77. The van der Waals surface area contributed by atoms with Gasteiger partial charge in [0, 0.05) is 18.9 Å². The van der Waals surface area contributed by atoms with Gasteiger partial charge in [-0.1, -0.05) is 62.4 Å². The lowest BCUT2D eigenvalue weighted by molar-refractivity contribution is -0.149. The number of nitrogens with zero attached hydrogens (tertiary/aromatic N) is 1. The van der Waals surface area contributed by atoms with E-state index in [0.717, 1.165) is 27.2 Å². The van der Waals surface area contributed by atoms with E-state index in [4.69, 9.17) is 4.74 Å². The van der Waals surface area contributed by atoms with E-state index in [1.165, 1.54) is 0 Å². The van der Waals surface area contributed by atoms with Crippen LogP contribution in [-0.2, 0) is 14.3 Å². The van der Waals surface area contributed by atoms with E-state index >= 15 is 0 Å². The number of carbonyl (C=O) groups excluding carboxylic acids is 2. The van der Waals surface area contributed by atoms with Gasteiger partial charge in [-0.2, -0.15) is 0 Å². The van der Waals surface area contributed by atoms with Crippen molar-refractivity contribution in [2.75, 3.05) is 13.2 Å². The number of benzene rings is 2. The summed E-state index contributed by atoms with van der Waals surface area (Å²) in [6, 6.07) is 14.0. The molecule has 2 aromatic carbocycles. The molecule has 2 amide bonds. The molecule has 3 N–H and O–H groups in total. The highest BCUT2D eigenvalue weighted by Crippen LogP contribution is 2.44. The Morgan fingerprint density at radius 3 is 2.21 bits per heavy atom. The van der Waals surface area contributed by atoms with Crippen LogP contribution in [0.2, 0.25) is 0 Å². The Morgan fingerprint density at radius 1 is 1.06 bits per heavy atom. The number of aliphatic hydroxyl groups is 1. The first-order valence-electron chi connectivity index (χ1n) is 11.6. The summed E-state index contributed by atoms with van der Waals surface area (Å²) in [4.78, 5) is 38.6. The highest BCUT2D eigenvalue weighted by Gasteiger charge is 2.41. The molecule has 3 atom stereocenters. The predicted octanol–water partition coefficient (Wildman–Crippen LogP) is 2.99. The maximum atomic E-state index is 13.1. The number of β-amino-alcohol motifs (C(OH)–C–C–N with tert-alkyl or cyclic N) is 1. The predicted molar refractivity (Wildman–Crippen MR) is 125 cm³/mol. The summed E-state index contributed by atoms with van der Waals surface area (Å²) in [5, 5.41) is 22.0. The summed E-state index contributed by atoms with van der Waals surface area (Å²) >= 11 is 0. The van der Waals surface area contributed by atoms with Gasteiger partial charge in [0.15, 0.2) is 0 Å². The molecule has 1 heterocycles. The third-order valence-corrected chi connectivity index (χ3v) is 6.49. The van der Waals surface area contributed by atoms with Crippen LogP contribution in [0.1, 0.15) is 43.7 Å². The first kappa shape index (κ1) is 23.8. The Kier molecular flexibility index (Phi) is 6.88. The molecule has 34 heavy (non-hydrogen) atoms. The van der Waals surface area contributed by atoms with Gasteiger partial charge in [0.1, 0.15) is 18.7 Å². The molecule has 180 valence electrons. The second kappa shape index (κ2) is 9.85. The highest BCUT2D eigenvalue weighted by molar-refractivity contribution is 5.90. The van der Waals surface area contributed by atoms with Crippen LogP contribution in [0, 0.1) is 5.92 Å². The van der Waals surface area contributed by atoms with Gasteiger partial charge >= 0.3 is 12.1 Å². The normalized spacial score (nSPS) is 20.1. The Labute approximate surface area is 198 Å². The van der Waals surface area contributed by atoms with Gasteiger partial charge in [0.05, 0.1) is 6.10 Å². The van der Waals surface area contributed by atoms with Crippen molar-refractivity contribution in [1.29, 1.82) is 0 Å². The van der Waals surface area contributed by atoms with Crippen LogP contribution < -0.4 is 5.32 Å². The molecule has 0 radical (unpaired) electrons. The van der Waals surface area contributed by atoms with E-state index in [2.05, 4.69) is 17.4 Å². The second-order valence-corrected chi connectivity index (χ2v) is 9.39. The topological polar surface area (TPSA) is 116 Å². The quantitative estimate of drug-likeness (QED) is 0.578. The lowest BCUT2D eigenvalue weighted by atomic mass is 9.98. The molecule has 2 aliphatic rings. The number of alkyl carbamates (subject to hydrolysis) is 1. The number of carboxylic acid groups (broad SMARTS) is 1. The number of hydrogen-bond donors (Lipinski definition) is 3. The SMILES string of the molecule is CC(C)C[C@H](NC(=O)OCC1c2ccccc2-c2ccccc21)C(=O)N1C[C@H](O)C[C@H]1C(=O)O. The number of ether oxygens (including phenoxy) is 1. The summed E-state index contributed by atoms with van der Waals surface area (Å²) in [6.07, 6.45) is -1.34. The molecule has 0 unspecified atom stereocenters. The second-order valence-electron chi connectivity index (χ2n) is 9.39. The average Bonchev–Trinajstić information content (AvgIpc) is 3.35. The van der Waals surface area contributed by atoms with E-state index in [9.17, 15) is 24.6 Å². The molecule has 2 aromatic rings. The van der Waals surface area contributed by atoms with Gasteiger partial charge in [-0.15, -0.1) is 0 Å².